The molecular weight excluding hydrogens is 218 g/mol. The number of fused-ring (bicyclic) bond motifs is 1. The van der Waals surface area contributed by atoms with Crippen LogP contribution >= 0.6 is 0 Å². The van der Waals surface area contributed by atoms with E-state index in [-0.39, 0.29) is 0 Å². The van der Waals surface area contributed by atoms with Gasteiger partial charge in [0.25, 0.3) is 0 Å². The van der Waals surface area contributed by atoms with Gasteiger partial charge in [-0.3, -0.25) is 0 Å². The number of benzene rings is 3. The largest absolute Gasteiger partial charge is 0.398 e. The number of nitrogen functional groups attached to an aromatic ring is 1. The summed E-state index contributed by atoms with van der Waals surface area (Å²) in [5, 5.41) is 2.49. The van der Waals surface area contributed by atoms with Gasteiger partial charge in [0.1, 0.15) is 0 Å². The standard InChI is InChI=1S/C17H15N/c1-12-9-10-17(18)16(11-12)15-8-4-6-13-5-2-3-7-14(13)15/h2-11H,18H2,1H3. The fourth-order valence-electron chi connectivity index (χ4n) is 2.36. The highest BCUT2D eigenvalue weighted by Crippen LogP contribution is 2.32. The van der Waals surface area contributed by atoms with Crippen molar-refractivity contribution in [1.82, 2.24) is 0 Å². The van der Waals surface area contributed by atoms with E-state index in [1.165, 1.54) is 21.9 Å². The topological polar surface area (TPSA) is 26.0 Å². The Morgan fingerprint density at radius 2 is 1.56 bits per heavy atom. The molecule has 3 aromatic rings. The number of rotatable bonds is 1. The van der Waals surface area contributed by atoms with Gasteiger partial charge in [-0.1, -0.05) is 54.1 Å². The van der Waals surface area contributed by atoms with Crippen molar-refractivity contribution in [2.45, 2.75) is 6.92 Å². The van der Waals surface area contributed by atoms with Crippen molar-refractivity contribution in [2.24, 2.45) is 0 Å². The lowest BCUT2D eigenvalue weighted by atomic mass is 9.96. The van der Waals surface area contributed by atoms with Crippen LogP contribution in [0.3, 0.4) is 0 Å². The second-order valence-corrected chi connectivity index (χ2v) is 4.62. The zero-order valence-electron chi connectivity index (χ0n) is 10.4. The van der Waals surface area contributed by atoms with Crippen molar-refractivity contribution in [3.8, 4) is 11.1 Å². The number of aryl methyl sites for hydroxylation is 1. The van der Waals surface area contributed by atoms with Crippen LogP contribution in [-0.4, -0.2) is 0 Å². The van der Waals surface area contributed by atoms with Crippen LogP contribution in [0.25, 0.3) is 21.9 Å². The third-order valence-electron chi connectivity index (χ3n) is 3.29. The fraction of sp³-hybridized carbons (Fsp3) is 0.0588. The zero-order chi connectivity index (χ0) is 12.5. The summed E-state index contributed by atoms with van der Waals surface area (Å²) in [4.78, 5) is 0. The van der Waals surface area contributed by atoms with Crippen LogP contribution < -0.4 is 5.73 Å². The molecule has 0 aliphatic heterocycles. The van der Waals surface area contributed by atoms with Crippen LogP contribution in [0.5, 0.6) is 0 Å². The summed E-state index contributed by atoms with van der Waals surface area (Å²) in [5.41, 5.74) is 10.5. The Balaban J connectivity index is 2.35. The van der Waals surface area contributed by atoms with E-state index < -0.39 is 0 Å². The minimum Gasteiger partial charge on any atom is -0.398 e. The van der Waals surface area contributed by atoms with Gasteiger partial charge in [0.2, 0.25) is 0 Å². The average molecular weight is 233 g/mol. The summed E-state index contributed by atoms with van der Waals surface area (Å²) in [6.07, 6.45) is 0. The minimum absolute atomic E-state index is 0.831. The normalized spacial score (nSPS) is 10.7. The minimum atomic E-state index is 0.831. The van der Waals surface area contributed by atoms with E-state index in [4.69, 9.17) is 5.73 Å². The van der Waals surface area contributed by atoms with Crippen LogP contribution in [0, 0.1) is 6.92 Å². The van der Waals surface area contributed by atoms with E-state index in [0.717, 1.165) is 11.3 Å². The van der Waals surface area contributed by atoms with E-state index in [0.29, 0.717) is 0 Å². The summed E-state index contributed by atoms with van der Waals surface area (Å²) in [6.45, 7) is 2.09. The molecule has 0 radical (unpaired) electrons. The number of anilines is 1. The molecule has 88 valence electrons. The molecule has 1 heteroatoms. The molecule has 0 saturated heterocycles. The summed E-state index contributed by atoms with van der Waals surface area (Å²) in [6, 6.07) is 20.9. The molecule has 0 spiro atoms. The van der Waals surface area contributed by atoms with E-state index in [1.54, 1.807) is 0 Å². The van der Waals surface area contributed by atoms with Crippen LogP contribution in [-0.2, 0) is 0 Å². The molecule has 18 heavy (non-hydrogen) atoms. The van der Waals surface area contributed by atoms with E-state index in [1.807, 2.05) is 12.1 Å². The molecule has 0 amide bonds. The molecular formula is C17H15N. The van der Waals surface area contributed by atoms with E-state index in [2.05, 4.69) is 55.5 Å². The molecule has 2 N–H and O–H groups in total. The maximum atomic E-state index is 6.11. The smallest absolute Gasteiger partial charge is 0.0394 e. The van der Waals surface area contributed by atoms with Crippen LogP contribution in [0.15, 0.2) is 60.7 Å². The Morgan fingerprint density at radius 1 is 0.778 bits per heavy atom. The van der Waals surface area contributed by atoms with Crippen molar-refractivity contribution >= 4 is 16.5 Å². The maximum Gasteiger partial charge on any atom is 0.0394 e. The Hall–Kier alpha value is -2.28. The molecule has 0 unspecified atom stereocenters. The highest BCUT2D eigenvalue weighted by molar-refractivity contribution is 5.99. The fourth-order valence-corrected chi connectivity index (χ4v) is 2.36. The molecule has 0 saturated carbocycles. The summed E-state index contributed by atoms with van der Waals surface area (Å²) in [7, 11) is 0. The van der Waals surface area contributed by atoms with Gasteiger partial charge in [0.15, 0.2) is 0 Å². The summed E-state index contributed by atoms with van der Waals surface area (Å²) >= 11 is 0. The Kier molecular flexibility index (Phi) is 2.52. The quantitative estimate of drug-likeness (QED) is 0.619. The lowest BCUT2D eigenvalue weighted by Crippen LogP contribution is -1.91. The third kappa shape index (κ3) is 1.74. The molecule has 0 heterocycles. The maximum absolute atomic E-state index is 6.11. The zero-order valence-corrected chi connectivity index (χ0v) is 10.4. The Morgan fingerprint density at radius 3 is 2.44 bits per heavy atom. The molecule has 3 aromatic carbocycles. The second-order valence-electron chi connectivity index (χ2n) is 4.62. The first-order valence-corrected chi connectivity index (χ1v) is 6.10. The van der Waals surface area contributed by atoms with Crippen LogP contribution in [0.1, 0.15) is 5.56 Å². The summed E-state index contributed by atoms with van der Waals surface area (Å²) in [5.74, 6) is 0. The molecule has 0 atom stereocenters. The van der Waals surface area contributed by atoms with Gasteiger partial charge in [-0.25, -0.2) is 0 Å². The van der Waals surface area contributed by atoms with Crippen LogP contribution in [0.4, 0.5) is 5.69 Å². The average Bonchev–Trinajstić information content (AvgIpc) is 2.41. The van der Waals surface area contributed by atoms with Gasteiger partial charge < -0.3 is 5.73 Å². The number of hydrogen-bond donors (Lipinski definition) is 1. The van der Waals surface area contributed by atoms with Gasteiger partial charge in [-0.15, -0.1) is 0 Å². The predicted molar refractivity (Wildman–Crippen MR) is 78.5 cm³/mol. The van der Waals surface area contributed by atoms with Gasteiger partial charge in [0, 0.05) is 11.3 Å². The van der Waals surface area contributed by atoms with Crippen molar-refractivity contribution in [3.05, 3.63) is 66.2 Å². The van der Waals surface area contributed by atoms with Crippen molar-refractivity contribution < 1.29 is 0 Å². The first kappa shape index (κ1) is 10.8. The molecule has 0 aliphatic rings. The summed E-state index contributed by atoms with van der Waals surface area (Å²) < 4.78 is 0. The van der Waals surface area contributed by atoms with Crippen LogP contribution in [0.2, 0.25) is 0 Å². The van der Waals surface area contributed by atoms with Gasteiger partial charge in [-0.2, -0.15) is 0 Å². The Labute approximate surface area is 107 Å². The molecule has 0 aromatic heterocycles. The number of nitrogens with two attached hydrogens (primary N) is 1. The van der Waals surface area contributed by atoms with Gasteiger partial charge in [-0.05, 0) is 35.4 Å². The second kappa shape index (κ2) is 4.19. The Bertz CT molecular complexity index is 708. The van der Waals surface area contributed by atoms with E-state index >= 15 is 0 Å². The van der Waals surface area contributed by atoms with E-state index in [9.17, 15) is 0 Å². The van der Waals surface area contributed by atoms with Gasteiger partial charge in [0.05, 0.1) is 0 Å². The third-order valence-corrected chi connectivity index (χ3v) is 3.29. The monoisotopic (exact) mass is 233 g/mol. The van der Waals surface area contributed by atoms with Crippen molar-refractivity contribution in [3.63, 3.8) is 0 Å². The SMILES string of the molecule is Cc1ccc(N)c(-c2cccc3ccccc23)c1. The van der Waals surface area contributed by atoms with Crippen molar-refractivity contribution in [1.29, 1.82) is 0 Å². The van der Waals surface area contributed by atoms with Gasteiger partial charge >= 0.3 is 0 Å². The molecule has 0 aliphatic carbocycles. The first-order valence-electron chi connectivity index (χ1n) is 6.10. The molecule has 1 nitrogen and oxygen atoms in total. The molecule has 0 bridgehead atoms. The predicted octanol–water partition coefficient (Wildman–Crippen LogP) is 4.40. The lowest BCUT2D eigenvalue weighted by molar-refractivity contribution is 1.47. The highest BCUT2D eigenvalue weighted by Gasteiger charge is 2.06. The molecule has 3 rings (SSSR count). The number of hydrogen-bond acceptors (Lipinski definition) is 1. The highest BCUT2D eigenvalue weighted by atomic mass is 14.6. The van der Waals surface area contributed by atoms with Crippen molar-refractivity contribution in [2.75, 3.05) is 5.73 Å². The first-order chi connectivity index (χ1) is 8.75. The lowest BCUT2D eigenvalue weighted by Gasteiger charge is -2.10. The molecule has 0 fully saturated rings.